The van der Waals surface area contributed by atoms with Gasteiger partial charge in [0.15, 0.2) is 0 Å². The molecule has 2 heteroatoms. The van der Waals surface area contributed by atoms with Crippen LogP contribution in [0.3, 0.4) is 0 Å². The molecule has 68 valence electrons. The predicted molar refractivity (Wildman–Crippen MR) is 58.7 cm³/mol. The zero-order valence-corrected chi connectivity index (χ0v) is 8.01. The number of hydrogen-bond acceptors (Lipinski definition) is 1. The van der Waals surface area contributed by atoms with Gasteiger partial charge in [-0.2, -0.15) is 0 Å². The largest absolute Gasteiger partial charge is 0.456 e. The van der Waals surface area contributed by atoms with Crippen molar-refractivity contribution in [3.8, 4) is 0 Å². The van der Waals surface area contributed by atoms with Crippen LogP contribution in [0.4, 0.5) is 0 Å². The van der Waals surface area contributed by atoms with Crippen molar-refractivity contribution in [2.24, 2.45) is 0 Å². The number of halogens is 1. The fourth-order valence-electron chi connectivity index (χ4n) is 1.63. The van der Waals surface area contributed by atoms with E-state index in [0.717, 1.165) is 16.4 Å². The van der Waals surface area contributed by atoms with Crippen molar-refractivity contribution in [1.29, 1.82) is 0 Å². The first-order valence-electron chi connectivity index (χ1n) is 4.83. The molecule has 0 N–H and O–H groups in total. The number of fused-ring (bicyclic) bond motifs is 3. The Morgan fingerprint density at radius 3 is 2.86 bits per heavy atom. The number of furan rings is 1. The molecule has 3 aromatic rings. The molecule has 0 fully saturated rings. The van der Waals surface area contributed by atoms with Gasteiger partial charge in [0.2, 0.25) is 0 Å². The standard InChI is InChI=1S/C12H7ClO/c13-8-5-6-12-10(7-8)9-3-1-2-4-11(9)14-12/h1-7H/i6D. The summed E-state index contributed by atoms with van der Waals surface area (Å²) in [5.74, 6) is 0. The minimum atomic E-state index is 0.328. The fourth-order valence-corrected chi connectivity index (χ4v) is 1.79. The van der Waals surface area contributed by atoms with Gasteiger partial charge in [0.1, 0.15) is 11.2 Å². The van der Waals surface area contributed by atoms with Crippen LogP contribution in [0.1, 0.15) is 1.37 Å². The Balaban J connectivity index is 2.61. The van der Waals surface area contributed by atoms with E-state index in [-0.39, 0.29) is 0 Å². The van der Waals surface area contributed by atoms with Crippen LogP contribution in [0.5, 0.6) is 0 Å². The SMILES string of the molecule is [2H]c1cc(Cl)cc2c1oc1ccccc12. The van der Waals surface area contributed by atoms with Crippen LogP contribution in [-0.2, 0) is 0 Å². The summed E-state index contributed by atoms with van der Waals surface area (Å²) in [5.41, 5.74) is 1.39. The maximum absolute atomic E-state index is 7.76. The molecule has 2 aromatic carbocycles. The molecule has 0 spiro atoms. The van der Waals surface area contributed by atoms with Gasteiger partial charge >= 0.3 is 0 Å². The molecule has 0 radical (unpaired) electrons. The zero-order valence-electron chi connectivity index (χ0n) is 8.25. The van der Waals surface area contributed by atoms with Gasteiger partial charge in [-0.05, 0) is 24.2 Å². The van der Waals surface area contributed by atoms with Crippen molar-refractivity contribution in [3.05, 3.63) is 47.5 Å². The molecule has 1 aromatic heterocycles. The molecule has 0 unspecified atom stereocenters. The van der Waals surface area contributed by atoms with Crippen molar-refractivity contribution in [2.45, 2.75) is 0 Å². The van der Waals surface area contributed by atoms with Crippen molar-refractivity contribution >= 4 is 33.5 Å². The first-order valence-corrected chi connectivity index (χ1v) is 4.71. The third-order valence-electron chi connectivity index (χ3n) is 2.26. The Morgan fingerprint density at radius 1 is 1.07 bits per heavy atom. The first-order chi connectivity index (χ1) is 7.25. The number of hydrogen-bond donors (Lipinski definition) is 0. The average molecular weight is 204 g/mol. The van der Waals surface area contributed by atoms with Crippen LogP contribution in [-0.4, -0.2) is 0 Å². The summed E-state index contributed by atoms with van der Waals surface area (Å²) < 4.78 is 13.4. The van der Waals surface area contributed by atoms with E-state index in [1.165, 1.54) is 0 Å². The maximum atomic E-state index is 7.76. The summed E-state index contributed by atoms with van der Waals surface area (Å²) in [5, 5.41) is 2.48. The summed E-state index contributed by atoms with van der Waals surface area (Å²) in [6.07, 6.45) is 0. The minimum Gasteiger partial charge on any atom is -0.456 e. The summed E-state index contributed by atoms with van der Waals surface area (Å²) in [6.45, 7) is 0. The van der Waals surface area contributed by atoms with Gasteiger partial charge in [-0.1, -0.05) is 29.8 Å². The molecule has 0 aliphatic carbocycles. The molecule has 0 aliphatic heterocycles. The van der Waals surface area contributed by atoms with E-state index < -0.39 is 0 Å². The second kappa shape index (κ2) is 2.76. The molecule has 0 aliphatic rings. The Morgan fingerprint density at radius 2 is 1.93 bits per heavy atom. The molecule has 0 bridgehead atoms. The van der Waals surface area contributed by atoms with E-state index in [2.05, 4.69) is 0 Å². The molecule has 1 heterocycles. The Kier molecular flexibility index (Phi) is 1.36. The van der Waals surface area contributed by atoms with Gasteiger partial charge in [0.25, 0.3) is 0 Å². The van der Waals surface area contributed by atoms with E-state index in [1.54, 1.807) is 6.07 Å². The molecule has 0 saturated heterocycles. The van der Waals surface area contributed by atoms with Crippen LogP contribution in [0.15, 0.2) is 46.9 Å². The van der Waals surface area contributed by atoms with Gasteiger partial charge in [0, 0.05) is 15.8 Å². The topological polar surface area (TPSA) is 13.1 Å². The summed E-state index contributed by atoms with van der Waals surface area (Å²) in [7, 11) is 0. The van der Waals surface area contributed by atoms with E-state index in [0.29, 0.717) is 16.6 Å². The molecular formula is C12H7ClO. The molecule has 0 saturated carbocycles. The van der Waals surface area contributed by atoms with E-state index >= 15 is 0 Å². The summed E-state index contributed by atoms with van der Waals surface area (Å²) >= 11 is 5.92. The monoisotopic (exact) mass is 203 g/mol. The highest BCUT2D eigenvalue weighted by Gasteiger charge is 2.05. The zero-order chi connectivity index (χ0) is 10.4. The first kappa shape index (κ1) is 6.91. The Hall–Kier alpha value is -1.47. The second-order valence-electron chi connectivity index (χ2n) is 3.16. The lowest BCUT2D eigenvalue weighted by Crippen LogP contribution is -1.65. The number of benzene rings is 2. The molecule has 0 atom stereocenters. The van der Waals surface area contributed by atoms with Crippen molar-refractivity contribution < 1.29 is 5.79 Å². The van der Waals surface area contributed by atoms with Crippen LogP contribution in [0.2, 0.25) is 5.02 Å². The molecular weight excluding hydrogens is 196 g/mol. The Labute approximate surface area is 87.3 Å². The number of para-hydroxylation sites is 1. The van der Waals surface area contributed by atoms with Gasteiger partial charge in [0.05, 0.1) is 1.37 Å². The third kappa shape index (κ3) is 1.03. The van der Waals surface area contributed by atoms with Crippen LogP contribution in [0, 0.1) is 0 Å². The number of rotatable bonds is 0. The lowest BCUT2D eigenvalue weighted by Gasteiger charge is -1.89. The second-order valence-corrected chi connectivity index (χ2v) is 3.60. The van der Waals surface area contributed by atoms with Crippen LogP contribution in [0.25, 0.3) is 21.9 Å². The summed E-state index contributed by atoms with van der Waals surface area (Å²) in [4.78, 5) is 0. The van der Waals surface area contributed by atoms with E-state index in [9.17, 15) is 0 Å². The third-order valence-corrected chi connectivity index (χ3v) is 2.48. The van der Waals surface area contributed by atoms with Gasteiger partial charge in [-0.25, -0.2) is 0 Å². The highest BCUT2D eigenvalue weighted by atomic mass is 35.5. The predicted octanol–water partition coefficient (Wildman–Crippen LogP) is 4.24. The quantitative estimate of drug-likeness (QED) is 0.533. The van der Waals surface area contributed by atoms with Crippen molar-refractivity contribution in [3.63, 3.8) is 0 Å². The minimum absolute atomic E-state index is 0.328. The highest BCUT2D eigenvalue weighted by Crippen LogP contribution is 2.30. The van der Waals surface area contributed by atoms with Crippen molar-refractivity contribution in [2.75, 3.05) is 0 Å². The van der Waals surface area contributed by atoms with Gasteiger partial charge < -0.3 is 4.42 Å². The lowest BCUT2D eigenvalue weighted by molar-refractivity contribution is 0.669. The van der Waals surface area contributed by atoms with Crippen molar-refractivity contribution in [1.82, 2.24) is 0 Å². The van der Waals surface area contributed by atoms with E-state index in [1.807, 2.05) is 30.3 Å². The highest BCUT2D eigenvalue weighted by molar-refractivity contribution is 6.31. The lowest BCUT2D eigenvalue weighted by atomic mass is 10.2. The summed E-state index contributed by atoms with van der Waals surface area (Å²) in [6, 6.07) is 11.5. The molecule has 1 nitrogen and oxygen atoms in total. The smallest absolute Gasteiger partial charge is 0.135 e. The Bertz CT molecular complexity index is 657. The average Bonchev–Trinajstić information content (AvgIpc) is 2.57. The van der Waals surface area contributed by atoms with Gasteiger partial charge in [-0.15, -0.1) is 0 Å². The molecule has 14 heavy (non-hydrogen) atoms. The fraction of sp³-hybridized carbons (Fsp3) is 0. The molecule has 3 rings (SSSR count). The molecule has 0 amide bonds. The van der Waals surface area contributed by atoms with Crippen LogP contribution < -0.4 is 0 Å². The normalized spacial score (nSPS) is 12.2. The van der Waals surface area contributed by atoms with Crippen LogP contribution >= 0.6 is 11.6 Å². The van der Waals surface area contributed by atoms with E-state index in [4.69, 9.17) is 17.4 Å². The van der Waals surface area contributed by atoms with Gasteiger partial charge in [-0.3, -0.25) is 0 Å². The maximum Gasteiger partial charge on any atom is 0.135 e.